The third-order valence-electron chi connectivity index (χ3n) is 7.99. The van der Waals surface area contributed by atoms with Gasteiger partial charge in [-0.1, -0.05) is 36.2 Å². The second kappa shape index (κ2) is 11.1. The van der Waals surface area contributed by atoms with Gasteiger partial charge in [-0.3, -0.25) is 19.3 Å². The Kier molecular flexibility index (Phi) is 8.42. The number of benzene rings is 1. The molecule has 0 bridgehead atoms. The van der Waals surface area contributed by atoms with Gasteiger partial charge in [-0.05, 0) is 68.4 Å². The summed E-state index contributed by atoms with van der Waals surface area (Å²) in [7, 11) is 0. The SMILES string of the molecule is CC(=O)SC1CCC1C(=O)Cc1cc(Cl)cc(CN2CCN(C(=O)C3CCCC3)[C@@H](C)C2)c1C. The monoisotopic (exact) mass is 504 g/mol. The van der Waals surface area contributed by atoms with Crippen molar-refractivity contribution in [2.75, 3.05) is 19.6 Å². The maximum Gasteiger partial charge on any atom is 0.226 e. The Balaban J connectivity index is 1.38. The van der Waals surface area contributed by atoms with Crippen LogP contribution in [0.4, 0.5) is 0 Å². The van der Waals surface area contributed by atoms with Gasteiger partial charge in [0, 0.05) is 67.7 Å². The molecule has 186 valence electrons. The topological polar surface area (TPSA) is 57.7 Å². The zero-order chi connectivity index (χ0) is 24.4. The number of ketones is 1. The van der Waals surface area contributed by atoms with Crippen molar-refractivity contribution in [2.45, 2.75) is 83.6 Å². The molecule has 0 aromatic heterocycles. The van der Waals surface area contributed by atoms with Gasteiger partial charge in [0.25, 0.3) is 0 Å². The third-order valence-corrected chi connectivity index (χ3v) is 9.40. The maximum atomic E-state index is 13.0. The number of hydrogen-bond acceptors (Lipinski definition) is 5. The second-order valence-corrected chi connectivity index (χ2v) is 12.3. The van der Waals surface area contributed by atoms with Crippen LogP contribution in [0, 0.1) is 18.8 Å². The summed E-state index contributed by atoms with van der Waals surface area (Å²) in [4.78, 5) is 41.9. The van der Waals surface area contributed by atoms with Crippen molar-refractivity contribution in [2.24, 2.45) is 11.8 Å². The summed E-state index contributed by atoms with van der Waals surface area (Å²) in [5.74, 6) is 0.769. The Morgan fingerprint density at radius 1 is 1.06 bits per heavy atom. The lowest BCUT2D eigenvalue weighted by molar-refractivity contribution is -0.140. The van der Waals surface area contributed by atoms with Crippen LogP contribution in [-0.4, -0.2) is 57.5 Å². The fourth-order valence-electron chi connectivity index (χ4n) is 5.81. The van der Waals surface area contributed by atoms with Crippen molar-refractivity contribution in [1.29, 1.82) is 0 Å². The smallest absolute Gasteiger partial charge is 0.226 e. The number of carbonyl (C=O) groups is 3. The first-order valence-electron chi connectivity index (χ1n) is 12.7. The van der Waals surface area contributed by atoms with Gasteiger partial charge in [0.05, 0.1) is 0 Å². The Morgan fingerprint density at radius 3 is 2.38 bits per heavy atom. The van der Waals surface area contributed by atoms with Crippen LogP contribution in [0.5, 0.6) is 0 Å². The highest BCUT2D eigenvalue weighted by atomic mass is 35.5. The zero-order valence-corrected chi connectivity index (χ0v) is 22.2. The molecule has 2 unspecified atom stereocenters. The number of carbonyl (C=O) groups excluding carboxylic acids is 3. The number of nitrogens with zero attached hydrogens (tertiary/aromatic N) is 2. The number of Topliss-reactive ketones (excluding diaryl/α,β-unsaturated/α-hetero) is 1. The third kappa shape index (κ3) is 5.88. The van der Waals surface area contributed by atoms with Gasteiger partial charge in [0.15, 0.2) is 5.12 Å². The molecule has 2 saturated carbocycles. The number of piperazine rings is 1. The van der Waals surface area contributed by atoms with Crippen LogP contribution in [0.1, 0.15) is 69.1 Å². The number of halogens is 1. The fraction of sp³-hybridized carbons (Fsp3) is 0.667. The van der Waals surface area contributed by atoms with E-state index in [1.165, 1.54) is 24.6 Å². The summed E-state index contributed by atoms with van der Waals surface area (Å²) in [6.07, 6.45) is 6.64. The summed E-state index contributed by atoms with van der Waals surface area (Å²) in [6.45, 7) is 9.07. The van der Waals surface area contributed by atoms with Crippen molar-refractivity contribution in [3.05, 3.63) is 33.8 Å². The number of thioether (sulfide) groups is 1. The predicted octanol–water partition coefficient (Wildman–Crippen LogP) is 5.04. The molecule has 0 spiro atoms. The lowest BCUT2D eigenvalue weighted by atomic mass is 9.79. The van der Waals surface area contributed by atoms with Crippen molar-refractivity contribution >= 4 is 40.2 Å². The lowest BCUT2D eigenvalue weighted by Gasteiger charge is -2.41. The maximum absolute atomic E-state index is 13.0. The van der Waals surface area contributed by atoms with Crippen LogP contribution in [-0.2, 0) is 27.3 Å². The number of amides is 1. The molecule has 0 radical (unpaired) electrons. The molecule has 1 aliphatic heterocycles. The molecule has 2 aliphatic carbocycles. The summed E-state index contributed by atoms with van der Waals surface area (Å²) in [5.41, 5.74) is 3.28. The molecular weight excluding hydrogens is 468 g/mol. The molecule has 1 saturated heterocycles. The van der Waals surface area contributed by atoms with Gasteiger partial charge < -0.3 is 4.90 Å². The molecular formula is C27H37ClN2O3S. The van der Waals surface area contributed by atoms with Crippen LogP contribution in [0.25, 0.3) is 0 Å². The molecule has 34 heavy (non-hydrogen) atoms. The van der Waals surface area contributed by atoms with Gasteiger partial charge in [-0.25, -0.2) is 0 Å². The minimum Gasteiger partial charge on any atom is -0.337 e. The molecule has 3 aliphatic rings. The molecule has 1 aromatic carbocycles. The van der Waals surface area contributed by atoms with E-state index in [-0.39, 0.29) is 34.0 Å². The average Bonchev–Trinajstić information content (AvgIpc) is 3.29. The van der Waals surface area contributed by atoms with Crippen LogP contribution in [0.15, 0.2) is 12.1 Å². The van der Waals surface area contributed by atoms with Gasteiger partial charge in [0.1, 0.15) is 5.78 Å². The quantitative estimate of drug-likeness (QED) is 0.520. The molecule has 1 heterocycles. The van der Waals surface area contributed by atoms with E-state index >= 15 is 0 Å². The van der Waals surface area contributed by atoms with Crippen molar-refractivity contribution in [3.8, 4) is 0 Å². The van der Waals surface area contributed by atoms with Crippen LogP contribution >= 0.6 is 23.4 Å². The minimum atomic E-state index is -0.0259. The highest BCUT2D eigenvalue weighted by Gasteiger charge is 2.38. The normalized spacial score (nSPS) is 25.9. The summed E-state index contributed by atoms with van der Waals surface area (Å²) in [5, 5.41) is 0.881. The second-order valence-electron chi connectivity index (χ2n) is 10.4. The Hall–Kier alpha value is -1.37. The molecule has 7 heteroatoms. The van der Waals surface area contributed by atoms with Gasteiger partial charge >= 0.3 is 0 Å². The average molecular weight is 505 g/mol. The first kappa shape index (κ1) is 25.7. The van der Waals surface area contributed by atoms with E-state index in [1.807, 2.05) is 12.1 Å². The van der Waals surface area contributed by atoms with E-state index in [9.17, 15) is 14.4 Å². The van der Waals surface area contributed by atoms with E-state index in [0.717, 1.165) is 68.6 Å². The van der Waals surface area contributed by atoms with Gasteiger partial charge in [-0.15, -0.1) is 0 Å². The van der Waals surface area contributed by atoms with Crippen LogP contribution in [0.2, 0.25) is 5.02 Å². The van der Waals surface area contributed by atoms with Gasteiger partial charge in [-0.2, -0.15) is 0 Å². The highest BCUT2D eigenvalue weighted by molar-refractivity contribution is 8.14. The molecule has 3 fully saturated rings. The lowest BCUT2D eigenvalue weighted by Crippen LogP contribution is -2.54. The molecule has 1 amide bonds. The standard InChI is InChI=1S/C27H37ClN2O3S/c1-17-15-29(10-11-30(17)27(33)20-6-4-5-7-20)16-22-13-23(28)12-21(18(22)2)14-25(32)24-8-9-26(24)34-19(3)31/h12-13,17,20,24,26H,4-11,14-16H2,1-3H3/t17-,24?,26?/m0/s1. The first-order valence-corrected chi connectivity index (χ1v) is 14.0. The van der Waals surface area contributed by atoms with Crippen LogP contribution < -0.4 is 0 Å². The van der Waals surface area contributed by atoms with Crippen molar-refractivity contribution in [3.63, 3.8) is 0 Å². The van der Waals surface area contributed by atoms with Gasteiger partial charge in [0.2, 0.25) is 5.91 Å². The van der Waals surface area contributed by atoms with E-state index < -0.39 is 0 Å². The molecule has 0 N–H and O–H groups in total. The molecule has 4 rings (SSSR count). The highest BCUT2D eigenvalue weighted by Crippen LogP contribution is 2.39. The molecule has 3 atom stereocenters. The van der Waals surface area contributed by atoms with E-state index in [0.29, 0.717) is 17.4 Å². The van der Waals surface area contributed by atoms with E-state index in [2.05, 4.69) is 23.6 Å². The number of rotatable bonds is 7. The predicted molar refractivity (Wildman–Crippen MR) is 138 cm³/mol. The van der Waals surface area contributed by atoms with E-state index in [1.54, 1.807) is 6.92 Å². The Labute approximate surface area is 213 Å². The fourth-order valence-corrected chi connectivity index (χ4v) is 7.20. The summed E-state index contributed by atoms with van der Waals surface area (Å²) >= 11 is 7.79. The molecule has 5 nitrogen and oxygen atoms in total. The summed E-state index contributed by atoms with van der Waals surface area (Å²) in [6, 6.07) is 4.14. The minimum absolute atomic E-state index is 0.0259. The zero-order valence-electron chi connectivity index (χ0n) is 20.6. The van der Waals surface area contributed by atoms with E-state index in [4.69, 9.17) is 11.6 Å². The summed E-state index contributed by atoms with van der Waals surface area (Å²) < 4.78 is 0. The Bertz CT molecular complexity index is 946. The van der Waals surface area contributed by atoms with Crippen molar-refractivity contribution in [1.82, 2.24) is 9.80 Å². The number of hydrogen-bond donors (Lipinski definition) is 0. The Morgan fingerprint density at radius 2 is 1.76 bits per heavy atom. The largest absolute Gasteiger partial charge is 0.337 e. The van der Waals surface area contributed by atoms with Crippen molar-refractivity contribution < 1.29 is 14.4 Å². The first-order chi connectivity index (χ1) is 16.2. The van der Waals surface area contributed by atoms with Crippen LogP contribution in [0.3, 0.4) is 0 Å². The molecule has 1 aromatic rings.